The predicted molar refractivity (Wildman–Crippen MR) is 137 cm³/mol. The van der Waals surface area contributed by atoms with Crippen LogP contribution in [0.25, 0.3) is 0 Å². The van der Waals surface area contributed by atoms with E-state index in [2.05, 4.69) is 41.2 Å². The minimum absolute atomic E-state index is 0.0936. The topological polar surface area (TPSA) is 57.5 Å². The summed E-state index contributed by atoms with van der Waals surface area (Å²) in [6.07, 6.45) is 11.4. The number of allylic oxidation sites excluding steroid dienone is 1. The van der Waals surface area contributed by atoms with Crippen molar-refractivity contribution in [2.45, 2.75) is 118 Å². The third kappa shape index (κ3) is 2.72. The van der Waals surface area contributed by atoms with Crippen molar-refractivity contribution in [3.8, 4) is 0 Å². The normalized spacial score (nSPS) is 55.9. The summed E-state index contributed by atoms with van der Waals surface area (Å²) in [5.74, 6) is 2.04. The van der Waals surface area contributed by atoms with Gasteiger partial charge in [0.25, 0.3) is 0 Å². The summed E-state index contributed by atoms with van der Waals surface area (Å²) in [4.78, 5) is 12.2. The minimum Gasteiger partial charge on any atom is -0.479 e. The predicted octanol–water partition coefficient (Wildman–Crippen LogP) is 7.48. The van der Waals surface area contributed by atoms with Crippen molar-refractivity contribution in [1.82, 2.24) is 0 Å². The van der Waals surface area contributed by atoms with Crippen LogP contribution >= 0.6 is 0 Å². The molecule has 0 radical (unpaired) electrons. The van der Waals surface area contributed by atoms with Crippen LogP contribution in [0, 0.1) is 56.7 Å². The van der Waals surface area contributed by atoms with Crippen molar-refractivity contribution in [1.29, 1.82) is 0 Å². The van der Waals surface area contributed by atoms with Gasteiger partial charge < -0.3 is 10.2 Å². The zero-order valence-electron chi connectivity index (χ0n) is 23.0. The zero-order valence-corrected chi connectivity index (χ0v) is 23.0. The number of carboxylic acids is 1. The molecule has 0 unspecified atom stereocenters. The van der Waals surface area contributed by atoms with E-state index in [4.69, 9.17) is 0 Å². The number of fused-ring (bicyclic) bond motifs is 7. The number of carbonyl (C=O) groups is 1. The monoisotopic (exact) mass is 470 g/mol. The van der Waals surface area contributed by atoms with Crippen LogP contribution in [0.1, 0.15) is 113 Å². The van der Waals surface area contributed by atoms with Crippen LogP contribution in [0.4, 0.5) is 0 Å². The van der Waals surface area contributed by atoms with Gasteiger partial charge in [0.2, 0.25) is 0 Å². The molecule has 5 aliphatic rings. The first kappa shape index (κ1) is 24.8. The van der Waals surface area contributed by atoms with Gasteiger partial charge in [-0.25, -0.2) is 4.79 Å². The van der Waals surface area contributed by atoms with Gasteiger partial charge in [0.15, 0.2) is 5.60 Å². The molecule has 0 aliphatic heterocycles. The number of aliphatic hydroxyl groups is 1. The summed E-state index contributed by atoms with van der Waals surface area (Å²) >= 11 is 0. The molecule has 0 spiro atoms. The first-order chi connectivity index (χ1) is 15.6. The molecule has 0 aromatic heterocycles. The van der Waals surface area contributed by atoms with Crippen molar-refractivity contribution in [3.05, 3.63) is 12.2 Å². The van der Waals surface area contributed by atoms with E-state index < -0.39 is 17.0 Å². The van der Waals surface area contributed by atoms with Crippen LogP contribution in [0.2, 0.25) is 0 Å². The van der Waals surface area contributed by atoms with E-state index in [1.165, 1.54) is 50.5 Å². The molecule has 34 heavy (non-hydrogen) atoms. The van der Waals surface area contributed by atoms with Crippen molar-refractivity contribution >= 4 is 5.97 Å². The maximum atomic E-state index is 12.2. The molecule has 0 amide bonds. The van der Waals surface area contributed by atoms with Gasteiger partial charge in [0.1, 0.15) is 0 Å². The average molecular weight is 471 g/mol. The lowest BCUT2D eigenvalue weighted by Gasteiger charge is -2.73. The fourth-order valence-electron chi connectivity index (χ4n) is 11.8. The Hall–Kier alpha value is -0.830. The van der Waals surface area contributed by atoms with Crippen LogP contribution < -0.4 is 0 Å². The quantitative estimate of drug-likeness (QED) is 0.411. The highest BCUT2D eigenvalue weighted by atomic mass is 16.4. The maximum Gasteiger partial charge on any atom is 0.336 e. The van der Waals surface area contributed by atoms with Gasteiger partial charge in [0.05, 0.1) is 0 Å². The van der Waals surface area contributed by atoms with Gasteiger partial charge in [-0.15, -0.1) is 0 Å². The molecule has 192 valence electrons. The molecule has 5 rings (SSSR count). The molecule has 0 aromatic carbocycles. The summed E-state index contributed by atoms with van der Waals surface area (Å²) in [6.45, 7) is 21.2. The maximum absolute atomic E-state index is 12.2. The Kier molecular flexibility index (Phi) is 5.22. The Balaban J connectivity index is 1.54. The summed E-state index contributed by atoms with van der Waals surface area (Å²) in [6, 6.07) is 0. The molecular weight excluding hydrogens is 420 g/mol. The average Bonchev–Trinajstić information content (AvgIpc) is 3.09. The second-order valence-electron chi connectivity index (χ2n) is 15.2. The van der Waals surface area contributed by atoms with E-state index in [0.717, 1.165) is 24.7 Å². The highest BCUT2D eigenvalue weighted by Crippen LogP contribution is 2.78. The molecule has 0 aromatic rings. The Morgan fingerprint density at radius 1 is 0.794 bits per heavy atom. The molecule has 0 heterocycles. The summed E-state index contributed by atoms with van der Waals surface area (Å²) in [5, 5.41) is 21.3. The molecule has 0 bridgehead atoms. The van der Waals surface area contributed by atoms with Crippen LogP contribution in [0.15, 0.2) is 12.2 Å². The lowest BCUT2D eigenvalue weighted by Crippen LogP contribution is -2.69. The van der Waals surface area contributed by atoms with Crippen molar-refractivity contribution in [2.24, 2.45) is 56.7 Å². The third-order valence-corrected chi connectivity index (χ3v) is 14.1. The van der Waals surface area contributed by atoms with Crippen LogP contribution in [-0.2, 0) is 4.79 Å². The van der Waals surface area contributed by atoms with Crippen LogP contribution in [0.3, 0.4) is 0 Å². The standard InChI is InChI=1S/C31H50O3/c1-19(2)20-11-13-27(5)15-17-29(7)21(24(20)27)9-10-23-28(6)16-18-31(34,25(32)33)26(3,4)22(28)12-14-30(23,29)8/h20-24,34H,1,9-18H2,2-8H3,(H,32,33)/t20-,21+,22-,23+,24+,27+,28-,29+,30+,31+/m0/s1. The van der Waals surface area contributed by atoms with Crippen molar-refractivity contribution in [3.63, 3.8) is 0 Å². The minimum atomic E-state index is -1.61. The van der Waals surface area contributed by atoms with Gasteiger partial charge in [-0.2, -0.15) is 0 Å². The fraction of sp³-hybridized carbons (Fsp3) is 0.903. The van der Waals surface area contributed by atoms with Crippen molar-refractivity contribution in [2.75, 3.05) is 0 Å². The highest BCUT2D eigenvalue weighted by molar-refractivity contribution is 5.78. The van der Waals surface area contributed by atoms with Gasteiger partial charge in [-0.1, -0.05) is 53.7 Å². The van der Waals surface area contributed by atoms with E-state index in [9.17, 15) is 15.0 Å². The molecule has 3 nitrogen and oxygen atoms in total. The van der Waals surface area contributed by atoms with Gasteiger partial charge in [0, 0.05) is 5.41 Å². The number of hydrogen-bond acceptors (Lipinski definition) is 2. The SMILES string of the molecule is C=C(C)[C@@H]1CC[C@]2(C)CC[C@]3(C)[C@H](CC[C@@H]4[C@@]5(C)CC[C@@](O)(C(=O)O)C(C)(C)[C@@H]5CC[C@]43C)[C@@H]12. The molecule has 0 saturated heterocycles. The smallest absolute Gasteiger partial charge is 0.336 e. The lowest BCUT2D eigenvalue weighted by atomic mass is 9.31. The second kappa shape index (κ2) is 7.14. The Bertz CT molecular complexity index is 906. The van der Waals surface area contributed by atoms with Crippen LogP contribution in [0.5, 0.6) is 0 Å². The molecule has 5 aliphatic carbocycles. The molecular formula is C31H50O3. The zero-order chi connectivity index (χ0) is 25.1. The van der Waals surface area contributed by atoms with Crippen LogP contribution in [-0.4, -0.2) is 21.8 Å². The summed E-state index contributed by atoms with van der Waals surface area (Å²) in [7, 11) is 0. The number of aliphatic carboxylic acids is 1. The fourth-order valence-corrected chi connectivity index (χ4v) is 11.8. The van der Waals surface area contributed by atoms with Gasteiger partial charge in [-0.05, 0) is 122 Å². The van der Waals surface area contributed by atoms with E-state index in [-0.39, 0.29) is 16.7 Å². The third-order valence-electron chi connectivity index (χ3n) is 14.1. The van der Waals surface area contributed by atoms with E-state index in [0.29, 0.717) is 29.1 Å². The largest absolute Gasteiger partial charge is 0.479 e. The molecule has 3 heteroatoms. The van der Waals surface area contributed by atoms with Crippen molar-refractivity contribution < 1.29 is 15.0 Å². The Morgan fingerprint density at radius 3 is 2.09 bits per heavy atom. The lowest BCUT2D eigenvalue weighted by molar-refractivity contribution is -0.263. The van der Waals surface area contributed by atoms with Gasteiger partial charge in [-0.3, -0.25) is 0 Å². The molecule has 5 saturated carbocycles. The highest BCUT2D eigenvalue weighted by Gasteiger charge is 2.72. The summed E-state index contributed by atoms with van der Waals surface area (Å²) in [5.41, 5.74) is 0.349. The number of rotatable bonds is 2. The number of carboxylic acid groups (broad SMARTS) is 1. The molecule has 2 N–H and O–H groups in total. The first-order valence-electron chi connectivity index (χ1n) is 14.2. The van der Waals surface area contributed by atoms with E-state index in [1.807, 2.05) is 13.8 Å². The Morgan fingerprint density at radius 2 is 1.47 bits per heavy atom. The number of hydrogen-bond donors (Lipinski definition) is 2. The molecule has 10 atom stereocenters. The summed E-state index contributed by atoms with van der Waals surface area (Å²) < 4.78 is 0. The Labute approximate surface area is 208 Å². The second-order valence-corrected chi connectivity index (χ2v) is 15.2. The first-order valence-corrected chi connectivity index (χ1v) is 14.2. The molecule has 5 fully saturated rings. The van der Waals surface area contributed by atoms with Gasteiger partial charge >= 0.3 is 5.97 Å². The van der Waals surface area contributed by atoms with E-state index >= 15 is 0 Å². The van der Waals surface area contributed by atoms with E-state index in [1.54, 1.807) is 0 Å².